The molecule has 0 atom stereocenters. The molecule has 1 N–H and O–H groups in total. The Kier molecular flexibility index (Phi) is 5.66. The van der Waals surface area contributed by atoms with Crippen molar-refractivity contribution in [2.24, 2.45) is 0 Å². The third-order valence-corrected chi connectivity index (χ3v) is 4.12. The maximum absolute atomic E-state index is 10.7. The lowest BCUT2D eigenvalue weighted by Gasteiger charge is -2.11. The van der Waals surface area contributed by atoms with Gasteiger partial charge in [-0.05, 0) is 40.1 Å². The quantitative estimate of drug-likeness (QED) is 0.631. The minimum Gasteiger partial charge on any atom is -0.496 e. The molecule has 4 nitrogen and oxygen atoms in total. The highest BCUT2D eigenvalue weighted by Gasteiger charge is 2.06. The molecule has 26 heavy (non-hydrogen) atoms. The summed E-state index contributed by atoms with van der Waals surface area (Å²) in [5, 5.41) is 11.1. The van der Waals surface area contributed by atoms with Crippen LogP contribution in [0.1, 0.15) is 16.7 Å². The Morgan fingerprint density at radius 3 is 2.58 bits per heavy atom. The lowest BCUT2D eigenvalue weighted by atomic mass is 10.1. The number of aliphatic carboxylic acids is 1. The molecule has 132 valence electrons. The second-order valence-electron chi connectivity index (χ2n) is 5.87. The Morgan fingerprint density at radius 2 is 1.77 bits per heavy atom. The minimum absolute atomic E-state index is 0.376. The van der Waals surface area contributed by atoms with E-state index in [4.69, 9.17) is 14.6 Å². The summed E-state index contributed by atoms with van der Waals surface area (Å²) in [6, 6.07) is 19.9. The SMILES string of the molecule is COc1ccc(/C=C/C(=O)O)cc1COCc1cccc2ccccc12. The number of carbonyl (C=O) groups is 1. The molecular weight excluding hydrogens is 328 g/mol. The second-order valence-corrected chi connectivity index (χ2v) is 5.87. The van der Waals surface area contributed by atoms with Crippen molar-refractivity contribution in [1.29, 1.82) is 0 Å². The van der Waals surface area contributed by atoms with Gasteiger partial charge in [0, 0.05) is 11.6 Å². The summed E-state index contributed by atoms with van der Waals surface area (Å²) < 4.78 is 11.3. The first-order valence-corrected chi connectivity index (χ1v) is 8.29. The first-order chi connectivity index (χ1) is 12.7. The van der Waals surface area contributed by atoms with Crippen molar-refractivity contribution < 1.29 is 19.4 Å². The van der Waals surface area contributed by atoms with Crippen molar-refractivity contribution in [2.75, 3.05) is 7.11 Å². The summed E-state index contributed by atoms with van der Waals surface area (Å²) in [5.74, 6) is -0.259. The van der Waals surface area contributed by atoms with E-state index in [-0.39, 0.29) is 0 Å². The molecule has 3 aromatic carbocycles. The summed E-state index contributed by atoms with van der Waals surface area (Å²) in [4.78, 5) is 10.7. The maximum Gasteiger partial charge on any atom is 0.328 e. The third kappa shape index (κ3) is 4.29. The summed E-state index contributed by atoms with van der Waals surface area (Å²) in [7, 11) is 1.61. The number of carboxylic acid groups (broad SMARTS) is 1. The Hall–Kier alpha value is -3.11. The van der Waals surface area contributed by atoms with Gasteiger partial charge in [0.05, 0.1) is 20.3 Å². The zero-order chi connectivity index (χ0) is 18.4. The van der Waals surface area contributed by atoms with Crippen molar-refractivity contribution in [2.45, 2.75) is 13.2 Å². The van der Waals surface area contributed by atoms with Gasteiger partial charge in [-0.25, -0.2) is 4.79 Å². The second kappa shape index (κ2) is 8.32. The number of methoxy groups -OCH3 is 1. The average Bonchev–Trinajstić information content (AvgIpc) is 2.66. The maximum atomic E-state index is 10.7. The molecule has 0 radical (unpaired) electrons. The van der Waals surface area contributed by atoms with E-state index < -0.39 is 5.97 Å². The van der Waals surface area contributed by atoms with Crippen LogP contribution in [-0.4, -0.2) is 18.2 Å². The van der Waals surface area contributed by atoms with Gasteiger partial charge in [0.25, 0.3) is 0 Å². The van der Waals surface area contributed by atoms with Gasteiger partial charge in [-0.15, -0.1) is 0 Å². The van der Waals surface area contributed by atoms with E-state index in [1.165, 1.54) is 10.8 Å². The molecule has 3 aromatic rings. The summed E-state index contributed by atoms with van der Waals surface area (Å²) in [5.41, 5.74) is 2.79. The lowest BCUT2D eigenvalue weighted by molar-refractivity contribution is -0.131. The van der Waals surface area contributed by atoms with Crippen LogP contribution in [0.15, 0.2) is 66.7 Å². The lowest BCUT2D eigenvalue weighted by Crippen LogP contribution is -1.98. The fraction of sp³-hybridized carbons (Fsp3) is 0.136. The summed E-state index contributed by atoms with van der Waals surface area (Å²) in [6.07, 6.45) is 2.67. The smallest absolute Gasteiger partial charge is 0.328 e. The topological polar surface area (TPSA) is 55.8 Å². The van der Waals surface area contributed by atoms with Crippen LogP contribution in [0.25, 0.3) is 16.8 Å². The van der Waals surface area contributed by atoms with Crippen LogP contribution in [0.5, 0.6) is 5.75 Å². The first-order valence-electron chi connectivity index (χ1n) is 8.29. The summed E-state index contributed by atoms with van der Waals surface area (Å²) in [6.45, 7) is 0.862. The number of hydrogen-bond acceptors (Lipinski definition) is 3. The van der Waals surface area contributed by atoms with Gasteiger partial charge in [0.15, 0.2) is 0 Å². The number of hydrogen-bond donors (Lipinski definition) is 1. The van der Waals surface area contributed by atoms with Crippen LogP contribution in [-0.2, 0) is 22.7 Å². The molecule has 0 amide bonds. The van der Waals surface area contributed by atoms with E-state index in [0.29, 0.717) is 13.2 Å². The molecule has 0 aliphatic rings. The third-order valence-electron chi connectivity index (χ3n) is 4.12. The van der Waals surface area contributed by atoms with Crippen LogP contribution in [0.3, 0.4) is 0 Å². The van der Waals surface area contributed by atoms with E-state index in [1.54, 1.807) is 13.2 Å². The Bertz CT molecular complexity index is 939. The predicted octanol–water partition coefficient (Wildman–Crippen LogP) is 4.66. The van der Waals surface area contributed by atoms with Crippen molar-refractivity contribution in [3.8, 4) is 5.75 Å². The highest BCUT2D eigenvalue weighted by atomic mass is 16.5. The van der Waals surface area contributed by atoms with Crippen molar-refractivity contribution in [3.05, 3.63) is 83.4 Å². The predicted molar refractivity (Wildman–Crippen MR) is 102 cm³/mol. The number of ether oxygens (including phenoxy) is 2. The number of carboxylic acids is 1. The van der Waals surface area contributed by atoms with E-state index in [9.17, 15) is 4.79 Å². The van der Waals surface area contributed by atoms with Crippen LogP contribution in [0.2, 0.25) is 0 Å². The molecule has 0 spiro atoms. The van der Waals surface area contributed by atoms with Crippen molar-refractivity contribution in [1.82, 2.24) is 0 Å². The molecule has 3 rings (SSSR count). The molecule has 4 heteroatoms. The van der Waals surface area contributed by atoms with Crippen LogP contribution in [0.4, 0.5) is 0 Å². The van der Waals surface area contributed by atoms with Crippen molar-refractivity contribution in [3.63, 3.8) is 0 Å². The average molecular weight is 348 g/mol. The Balaban J connectivity index is 1.74. The fourth-order valence-electron chi connectivity index (χ4n) is 2.87. The normalized spacial score (nSPS) is 11.1. The van der Waals surface area contributed by atoms with Gasteiger partial charge in [-0.1, -0.05) is 48.5 Å². The van der Waals surface area contributed by atoms with Crippen molar-refractivity contribution >= 4 is 22.8 Å². The number of rotatable bonds is 7. The molecule has 0 heterocycles. The molecule has 0 aromatic heterocycles. The zero-order valence-electron chi connectivity index (χ0n) is 14.5. The van der Waals surface area contributed by atoms with Gasteiger partial charge < -0.3 is 14.6 Å². The van der Waals surface area contributed by atoms with Crippen LogP contribution >= 0.6 is 0 Å². The van der Waals surface area contributed by atoms with Crippen LogP contribution in [0, 0.1) is 0 Å². The molecule has 0 fully saturated rings. The molecule has 0 aliphatic carbocycles. The van der Waals surface area contributed by atoms with Gasteiger partial charge in [-0.3, -0.25) is 0 Å². The van der Waals surface area contributed by atoms with E-state index >= 15 is 0 Å². The van der Waals surface area contributed by atoms with Gasteiger partial charge in [-0.2, -0.15) is 0 Å². The monoisotopic (exact) mass is 348 g/mol. The minimum atomic E-state index is -0.977. The Morgan fingerprint density at radius 1 is 1.00 bits per heavy atom. The molecule has 0 bridgehead atoms. The van der Waals surface area contributed by atoms with Gasteiger partial charge >= 0.3 is 5.97 Å². The van der Waals surface area contributed by atoms with E-state index in [0.717, 1.165) is 28.5 Å². The first kappa shape index (κ1) is 17.7. The van der Waals surface area contributed by atoms with Gasteiger partial charge in [0.1, 0.15) is 5.75 Å². The largest absolute Gasteiger partial charge is 0.496 e. The Labute approximate surface area is 152 Å². The molecular formula is C22H20O4. The number of fused-ring (bicyclic) bond motifs is 1. The highest BCUT2D eigenvalue weighted by Crippen LogP contribution is 2.23. The van der Waals surface area contributed by atoms with Gasteiger partial charge in [0.2, 0.25) is 0 Å². The number of benzene rings is 3. The van der Waals surface area contributed by atoms with Crippen LogP contribution < -0.4 is 4.74 Å². The molecule has 0 saturated heterocycles. The standard InChI is InChI=1S/C22H20O4/c1-25-21-11-9-16(10-12-22(23)24)13-19(21)15-26-14-18-7-4-6-17-5-2-3-8-20(17)18/h2-13H,14-15H2,1H3,(H,23,24)/b12-10+. The molecule has 0 unspecified atom stereocenters. The summed E-state index contributed by atoms with van der Waals surface area (Å²) >= 11 is 0. The van der Waals surface area contributed by atoms with E-state index in [1.807, 2.05) is 36.4 Å². The van der Waals surface area contributed by atoms with E-state index in [2.05, 4.69) is 24.3 Å². The zero-order valence-corrected chi connectivity index (χ0v) is 14.5. The molecule has 0 saturated carbocycles. The molecule has 0 aliphatic heterocycles. The fourth-order valence-corrected chi connectivity index (χ4v) is 2.87. The highest BCUT2D eigenvalue weighted by molar-refractivity contribution is 5.86.